The molecule has 0 radical (unpaired) electrons. The van der Waals surface area contributed by atoms with Gasteiger partial charge in [0.15, 0.2) is 0 Å². The average molecular weight is 257 g/mol. The number of halogens is 2. The summed E-state index contributed by atoms with van der Waals surface area (Å²) in [4.78, 5) is 2.33. The van der Waals surface area contributed by atoms with Gasteiger partial charge < -0.3 is 5.32 Å². The number of piperidine rings is 1. The van der Waals surface area contributed by atoms with E-state index in [1.54, 1.807) is 6.07 Å². The molecule has 0 spiro atoms. The van der Waals surface area contributed by atoms with Crippen LogP contribution in [0.3, 0.4) is 0 Å². The summed E-state index contributed by atoms with van der Waals surface area (Å²) in [6.45, 7) is 2.82. The maximum absolute atomic E-state index is 13.1. The van der Waals surface area contributed by atoms with Crippen molar-refractivity contribution < 1.29 is 4.39 Å². The van der Waals surface area contributed by atoms with Crippen LogP contribution in [0.4, 0.5) is 4.39 Å². The molecule has 4 heteroatoms. The standard InChI is InChI=1S/C13H18ClFN2/c1-16-12-4-6-17(7-5-12)9-10-8-11(15)2-3-13(10)14/h2-3,8,12,16H,4-7,9H2,1H3. The van der Waals surface area contributed by atoms with Crippen LogP contribution in [0.2, 0.25) is 5.02 Å². The molecular weight excluding hydrogens is 239 g/mol. The highest BCUT2D eigenvalue weighted by atomic mass is 35.5. The van der Waals surface area contributed by atoms with Gasteiger partial charge in [-0.15, -0.1) is 0 Å². The van der Waals surface area contributed by atoms with Crippen molar-refractivity contribution in [1.82, 2.24) is 10.2 Å². The van der Waals surface area contributed by atoms with Gasteiger partial charge in [0.2, 0.25) is 0 Å². The van der Waals surface area contributed by atoms with Crippen molar-refractivity contribution in [2.45, 2.75) is 25.4 Å². The van der Waals surface area contributed by atoms with E-state index in [1.165, 1.54) is 12.1 Å². The van der Waals surface area contributed by atoms with Crippen LogP contribution < -0.4 is 5.32 Å². The molecule has 1 aromatic carbocycles. The summed E-state index contributed by atoms with van der Waals surface area (Å²) in [5, 5.41) is 3.95. The van der Waals surface area contributed by atoms with Crippen molar-refractivity contribution in [3.8, 4) is 0 Å². The monoisotopic (exact) mass is 256 g/mol. The first kappa shape index (κ1) is 12.8. The van der Waals surface area contributed by atoms with Gasteiger partial charge in [0, 0.05) is 17.6 Å². The first-order valence-electron chi connectivity index (χ1n) is 6.02. The normalized spacial score (nSPS) is 18.5. The van der Waals surface area contributed by atoms with Gasteiger partial charge in [0.25, 0.3) is 0 Å². The molecule has 1 aliphatic heterocycles. The number of benzene rings is 1. The molecule has 0 aromatic heterocycles. The van der Waals surface area contributed by atoms with Crippen molar-refractivity contribution in [2.24, 2.45) is 0 Å². The van der Waals surface area contributed by atoms with Crippen LogP contribution in [0.15, 0.2) is 18.2 Å². The Morgan fingerprint density at radius 2 is 2.12 bits per heavy atom. The van der Waals surface area contributed by atoms with Crippen LogP contribution in [0.1, 0.15) is 18.4 Å². The lowest BCUT2D eigenvalue weighted by Crippen LogP contribution is -2.40. The molecule has 1 heterocycles. The van der Waals surface area contributed by atoms with Crippen molar-refractivity contribution >= 4 is 11.6 Å². The van der Waals surface area contributed by atoms with Gasteiger partial charge in [-0.2, -0.15) is 0 Å². The van der Waals surface area contributed by atoms with E-state index >= 15 is 0 Å². The van der Waals surface area contributed by atoms with Crippen molar-refractivity contribution in [3.63, 3.8) is 0 Å². The minimum Gasteiger partial charge on any atom is -0.317 e. The summed E-state index contributed by atoms with van der Waals surface area (Å²) >= 11 is 6.07. The number of hydrogen-bond acceptors (Lipinski definition) is 2. The number of nitrogens with zero attached hydrogens (tertiary/aromatic N) is 1. The van der Waals surface area contributed by atoms with Crippen LogP contribution in [-0.2, 0) is 6.54 Å². The van der Waals surface area contributed by atoms with E-state index in [-0.39, 0.29) is 5.82 Å². The Labute approximate surface area is 107 Å². The summed E-state index contributed by atoms with van der Waals surface area (Å²) in [6.07, 6.45) is 2.28. The van der Waals surface area contributed by atoms with Crippen LogP contribution in [0.25, 0.3) is 0 Å². The zero-order valence-corrected chi connectivity index (χ0v) is 10.8. The number of likely N-dealkylation sites (tertiary alicyclic amines) is 1. The smallest absolute Gasteiger partial charge is 0.123 e. The minimum absolute atomic E-state index is 0.213. The Morgan fingerprint density at radius 1 is 1.41 bits per heavy atom. The summed E-state index contributed by atoms with van der Waals surface area (Å²) in [5.41, 5.74) is 0.884. The maximum atomic E-state index is 13.1. The highest BCUT2D eigenvalue weighted by Crippen LogP contribution is 2.21. The maximum Gasteiger partial charge on any atom is 0.123 e. The number of nitrogens with one attached hydrogen (secondary N) is 1. The fraction of sp³-hybridized carbons (Fsp3) is 0.538. The molecule has 1 saturated heterocycles. The van der Waals surface area contributed by atoms with E-state index in [1.807, 2.05) is 7.05 Å². The number of hydrogen-bond donors (Lipinski definition) is 1. The van der Waals surface area contributed by atoms with Crippen LogP contribution >= 0.6 is 11.6 Å². The molecule has 2 nitrogen and oxygen atoms in total. The Hall–Kier alpha value is -0.640. The molecule has 0 saturated carbocycles. The lowest BCUT2D eigenvalue weighted by atomic mass is 10.0. The van der Waals surface area contributed by atoms with Crippen molar-refractivity contribution in [1.29, 1.82) is 0 Å². The van der Waals surface area contributed by atoms with Crippen LogP contribution in [-0.4, -0.2) is 31.1 Å². The first-order chi connectivity index (χ1) is 8.19. The van der Waals surface area contributed by atoms with E-state index < -0.39 is 0 Å². The van der Waals surface area contributed by atoms with Gasteiger partial charge in [-0.3, -0.25) is 4.90 Å². The molecule has 94 valence electrons. The molecule has 1 N–H and O–H groups in total. The van der Waals surface area contributed by atoms with E-state index in [0.717, 1.165) is 38.0 Å². The SMILES string of the molecule is CNC1CCN(Cc2cc(F)ccc2Cl)CC1. The summed E-state index contributed by atoms with van der Waals surface area (Å²) in [7, 11) is 2.00. The fourth-order valence-corrected chi connectivity index (χ4v) is 2.46. The quantitative estimate of drug-likeness (QED) is 0.895. The van der Waals surface area contributed by atoms with E-state index in [0.29, 0.717) is 11.1 Å². The second kappa shape index (κ2) is 5.80. The molecule has 1 fully saturated rings. The van der Waals surface area contributed by atoms with Crippen LogP contribution in [0.5, 0.6) is 0 Å². The molecule has 0 unspecified atom stereocenters. The fourth-order valence-electron chi connectivity index (χ4n) is 2.29. The molecule has 1 aliphatic rings. The molecule has 2 rings (SSSR count). The Kier molecular flexibility index (Phi) is 4.37. The zero-order chi connectivity index (χ0) is 12.3. The van der Waals surface area contributed by atoms with E-state index in [9.17, 15) is 4.39 Å². The lowest BCUT2D eigenvalue weighted by molar-refractivity contribution is 0.194. The van der Waals surface area contributed by atoms with E-state index in [4.69, 9.17) is 11.6 Å². The Balaban J connectivity index is 1.95. The summed E-state index contributed by atoms with van der Waals surface area (Å²) in [5.74, 6) is -0.213. The van der Waals surface area contributed by atoms with Crippen molar-refractivity contribution in [2.75, 3.05) is 20.1 Å². The Bertz CT molecular complexity index is 376. The minimum atomic E-state index is -0.213. The van der Waals surface area contributed by atoms with Gasteiger partial charge in [0.05, 0.1) is 0 Å². The molecule has 0 amide bonds. The summed E-state index contributed by atoms with van der Waals surface area (Å²) in [6, 6.07) is 5.19. The highest BCUT2D eigenvalue weighted by Gasteiger charge is 2.18. The molecule has 17 heavy (non-hydrogen) atoms. The van der Waals surface area contributed by atoms with Gasteiger partial charge in [0.1, 0.15) is 5.82 Å². The molecule has 0 bridgehead atoms. The second-order valence-corrected chi connectivity index (χ2v) is 4.98. The molecule has 0 aliphatic carbocycles. The van der Waals surface area contributed by atoms with Crippen molar-refractivity contribution in [3.05, 3.63) is 34.6 Å². The third-order valence-corrected chi connectivity index (χ3v) is 3.77. The average Bonchev–Trinajstić information content (AvgIpc) is 2.35. The second-order valence-electron chi connectivity index (χ2n) is 4.57. The predicted molar refractivity (Wildman–Crippen MR) is 68.8 cm³/mol. The predicted octanol–water partition coefficient (Wildman–Crippen LogP) is 2.66. The van der Waals surface area contributed by atoms with Gasteiger partial charge in [-0.25, -0.2) is 4.39 Å². The lowest BCUT2D eigenvalue weighted by Gasteiger charge is -2.31. The molecular formula is C13H18ClFN2. The third kappa shape index (κ3) is 3.41. The van der Waals surface area contributed by atoms with Gasteiger partial charge >= 0.3 is 0 Å². The van der Waals surface area contributed by atoms with E-state index in [2.05, 4.69) is 10.2 Å². The summed E-state index contributed by atoms with van der Waals surface area (Å²) < 4.78 is 13.1. The van der Waals surface area contributed by atoms with Gasteiger partial charge in [-0.05, 0) is 56.7 Å². The third-order valence-electron chi connectivity index (χ3n) is 3.40. The highest BCUT2D eigenvalue weighted by molar-refractivity contribution is 6.31. The Morgan fingerprint density at radius 3 is 2.76 bits per heavy atom. The van der Waals surface area contributed by atoms with Gasteiger partial charge in [-0.1, -0.05) is 11.6 Å². The molecule has 0 atom stereocenters. The van der Waals surface area contributed by atoms with Crippen LogP contribution in [0, 0.1) is 5.82 Å². The number of rotatable bonds is 3. The topological polar surface area (TPSA) is 15.3 Å². The largest absolute Gasteiger partial charge is 0.317 e. The first-order valence-corrected chi connectivity index (χ1v) is 6.40. The molecule has 1 aromatic rings. The zero-order valence-electron chi connectivity index (χ0n) is 10.0.